The molecule has 20 heavy (non-hydrogen) atoms. The van der Waals surface area contributed by atoms with E-state index in [0.717, 1.165) is 16.6 Å². The van der Waals surface area contributed by atoms with Crippen molar-refractivity contribution in [3.05, 3.63) is 34.0 Å². The molecule has 3 rings (SSSR count). The van der Waals surface area contributed by atoms with Crippen LogP contribution in [0, 0.1) is 10.1 Å². The molecule has 3 heterocycles. The molecule has 0 fully saturated rings. The van der Waals surface area contributed by atoms with Gasteiger partial charge in [0.2, 0.25) is 6.33 Å². The summed E-state index contributed by atoms with van der Waals surface area (Å²) in [7, 11) is 1.67. The zero-order chi connectivity index (χ0) is 14.1. The van der Waals surface area contributed by atoms with Gasteiger partial charge in [0.25, 0.3) is 11.1 Å². The molecule has 0 N–H and O–H groups in total. The molecule has 0 aliphatic rings. The third kappa shape index (κ3) is 2.30. The Balaban J connectivity index is 1.89. The molecular weight excluding hydrogens is 302 g/mol. The summed E-state index contributed by atoms with van der Waals surface area (Å²) in [5.74, 6) is 0.167. The number of hydrogen-bond donors (Lipinski definition) is 0. The van der Waals surface area contributed by atoms with Gasteiger partial charge in [-0.15, -0.1) is 21.5 Å². The van der Waals surface area contributed by atoms with Crippen LogP contribution in [0.5, 0.6) is 0 Å². The summed E-state index contributed by atoms with van der Waals surface area (Å²) < 4.78 is 7.02. The van der Waals surface area contributed by atoms with Crippen LogP contribution >= 0.6 is 23.1 Å². The summed E-state index contributed by atoms with van der Waals surface area (Å²) in [6.07, 6.45) is 1.37. The fourth-order valence-electron chi connectivity index (χ4n) is 1.48. The van der Waals surface area contributed by atoms with Crippen molar-refractivity contribution >= 4 is 28.9 Å². The highest BCUT2D eigenvalue weighted by Gasteiger charge is 2.23. The van der Waals surface area contributed by atoms with E-state index in [1.54, 1.807) is 7.05 Å². The van der Waals surface area contributed by atoms with E-state index in [0.29, 0.717) is 10.9 Å². The second-order valence-electron chi connectivity index (χ2n) is 3.69. The Kier molecular flexibility index (Phi) is 3.24. The Morgan fingerprint density at radius 3 is 3.05 bits per heavy atom. The number of imidazole rings is 1. The molecule has 3 aromatic rings. The molecular formula is C10H7N5O3S2. The summed E-state index contributed by atoms with van der Waals surface area (Å²) in [6.45, 7) is 0. The van der Waals surface area contributed by atoms with Crippen LogP contribution in [0.1, 0.15) is 0 Å². The van der Waals surface area contributed by atoms with Crippen molar-refractivity contribution < 1.29 is 9.34 Å². The molecule has 0 spiro atoms. The number of nitrogens with zero attached hydrogens (tertiary/aromatic N) is 5. The lowest BCUT2D eigenvalue weighted by atomic mass is 10.5. The normalized spacial score (nSPS) is 10.8. The maximum Gasteiger partial charge on any atom is 0.396 e. The first-order chi connectivity index (χ1) is 9.65. The smallest absolute Gasteiger partial charge is 0.396 e. The van der Waals surface area contributed by atoms with Gasteiger partial charge in [0.15, 0.2) is 5.03 Å². The minimum atomic E-state index is -0.543. The van der Waals surface area contributed by atoms with E-state index in [4.69, 9.17) is 4.42 Å². The van der Waals surface area contributed by atoms with Gasteiger partial charge in [0.1, 0.15) is 0 Å². The van der Waals surface area contributed by atoms with Crippen molar-refractivity contribution in [2.45, 2.75) is 10.2 Å². The van der Waals surface area contributed by atoms with E-state index in [2.05, 4.69) is 15.2 Å². The summed E-state index contributed by atoms with van der Waals surface area (Å²) in [4.78, 5) is 14.9. The van der Waals surface area contributed by atoms with Gasteiger partial charge in [-0.05, 0) is 33.1 Å². The number of thiophene rings is 1. The van der Waals surface area contributed by atoms with Crippen molar-refractivity contribution in [3.8, 4) is 10.8 Å². The Labute approximate surface area is 120 Å². The lowest BCUT2D eigenvalue weighted by Gasteiger charge is -1.96. The van der Waals surface area contributed by atoms with Crippen LogP contribution in [0.4, 0.5) is 5.82 Å². The quantitative estimate of drug-likeness (QED) is 0.539. The summed E-state index contributed by atoms with van der Waals surface area (Å²) in [6, 6.07) is 3.74. The average Bonchev–Trinajstić information content (AvgIpc) is 3.12. The van der Waals surface area contributed by atoms with E-state index >= 15 is 0 Å². The van der Waals surface area contributed by atoms with Crippen LogP contribution < -0.4 is 0 Å². The molecule has 8 nitrogen and oxygen atoms in total. The van der Waals surface area contributed by atoms with Crippen LogP contribution in [0.15, 0.2) is 38.5 Å². The maximum atomic E-state index is 10.9. The van der Waals surface area contributed by atoms with E-state index < -0.39 is 4.92 Å². The number of nitro groups is 1. The van der Waals surface area contributed by atoms with E-state index in [1.165, 1.54) is 22.2 Å². The fourth-order valence-corrected chi connectivity index (χ4v) is 2.90. The van der Waals surface area contributed by atoms with Gasteiger partial charge in [-0.25, -0.2) is 0 Å². The molecule has 0 aliphatic heterocycles. The first-order valence-corrected chi connectivity index (χ1v) is 7.05. The van der Waals surface area contributed by atoms with Crippen LogP contribution in [-0.4, -0.2) is 24.7 Å². The molecule has 3 aromatic heterocycles. The van der Waals surface area contributed by atoms with E-state index in [9.17, 15) is 10.1 Å². The number of rotatable bonds is 4. The monoisotopic (exact) mass is 309 g/mol. The third-order valence-corrected chi connectivity index (χ3v) is 4.22. The Bertz CT molecular complexity index is 749. The largest absolute Gasteiger partial charge is 0.410 e. The highest BCUT2D eigenvalue weighted by Crippen LogP contribution is 2.34. The predicted octanol–water partition coefficient (Wildman–Crippen LogP) is 2.59. The molecule has 0 atom stereocenters. The topological polar surface area (TPSA) is 99.9 Å². The lowest BCUT2D eigenvalue weighted by molar-refractivity contribution is -0.392. The Hall–Kier alpha value is -2.20. The van der Waals surface area contributed by atoms with E-state index in [-0.39, 0.29) is 11.0 Å². The minimum Gasteiger partial charge on any atom is -0.410 e. The number of aryl methyl sites for hydroxylation is 1. The predicted molar refractivity (Wildman–Crippen MR) is 71.6 cm³/mol. The lowest BCUT2D eigenvalue weighted by Crippen LogP contribution is -1.93. The molecule has 0 unspecified atom stereocenters. The highest BCUT2D eigenvalue weighted by atomic mass is 32.2. The maximum absolute atomic E-state index is 10.9. The van der Waals surface area contributed by atoms with Gasteiger partial charge < -0.3 is 19.1 Å². The number of aromatic nitrogens is 4. The Morgan fingerprint density at radius 1 is 1.50 bits per heavy atom. The summed E-state index contributed by atoms with van der Waals surface area (Å²) in [5.41, 5.74) is 0. The second kappa shape index (κ2) is 5.06. The van der Waals surface area contributed by atoms with Crippen molar-refractivity contribution in [2.24, 2.45) is 7.05 Å². The molecule has 0 saturated heterocycles. The van der Waals surface area contributed by atoms with Crippen molar-refractivity contribution in [1.29, 1.82) is 0 Å². The van der Waals surface area contributed by atoms with Gasteiger partial charge in [0, 0.05) is 7.05 Å². The highest BCUT2D eigenvalue weighted by molar-refractivity contribution is 7.99. The zero-order valence-corrected chi connectivity index (χ0v) is 11.7. The molecule has 0 radical (unpaired) electrons. The van der Waals surface area contributed by atoms with Gasteiger partial charge in [0.05, 0.1) is 4.88 Å². The van der Waals surface area contributed by atoms with Gasteiger partial charge in [-0.1, -0.05) is 6.07 Å². The third-order valence-electron chi connectivity index (χ3n) is 2.36. The Morgan fingerprint density at radius 2 is 2.35 bits per heavy atom. The first kappa shape index (κ1) is 12.8. The summed E-state index contributed by atoms with van der Waals surface area (Å²) >= 11 is 2.49. The van der Waals surface area contributed by atoms with Crippen molar-refractivity contribution in [2.75, 3.05) is 0 Å². The summed E-state index contributed by atoms with van der Waals surface area (Å²) in [5, 5.41) is 21.1. The van der Waals surface area contributed by atoms with Crippen LogP contribution in [0.3, 0.4) is 0 Å². The van der Waals surface area contributed by atoms with E-state index in [1.807, 2.05) is 17.5 Å². The second-order valence-corrected chi connectivity index (χ2v) is 5.58. The van der Waals surface area contributed by atoms with Crippen LogP contribution in [0.2, 0.25) is 0 Å². The molecule has 102 valence electrons. The van der Waals surface area contributed by atoms with Crippen molar-refractivity contribution in [1.82, 2.24) is 19.7 Å². The number of hydrogen-bond acceptors (Lipinski definition) is 8. The fraction of sp³-hybridized carbons (Fsp3) is 0.100. The van der Waals surface area contributed by atoms with Gasteiger partial charge in [-0.3, -0.25) is 0 Å². The van der Waals surface area contributed by atoms with Gasteiger partial charge in [-0.2, -0.15) is 0 Å². The average molecular weight is 309 g/mol. The van der Waals surface area contributed by atoms with Crippen LogP contribution in [-0.2, 0) is 7.05 Å². The van der Waals surface area contributed by atoms with Crippen LogP contribution in [0.25, 0.3) is 10.8 Å². The SMILES string of the molecule is Cn1cnc([N+](=O)[O-])c1Sc1nnc(-c2cccs2)o1. The zero-order valence-electron chi connectivity index (χ0n) is 10.1. The van der Waals surface area contributed by atoms with Gasteiger partial charge >= 0.3 is 5.82 Å². The molecule has 0 saturated carbocycles. The molecule has 0 bridgehead atoms. The van der Waals surface area contributed by atoms with Crippen molar-refractivity contribution in [3.63, 3.8) is 0 Å². The molecule has 0 amide bonds. The molecule has 0 aliphatic carbocycles. The molecule has 10 heteroatoms. The standard InChI is InChI=1S/C10H7N5O3S2/c1-14-5-11-7(15(16)17)9(14)20-10-13-12-8(18-10)6-3-2-4-19-6/h2-5H,1H3. The minimum absolute atomic E-state index is 0.228. The first-order valence-electron chi connectivity index (χ1n) is 5.36. The molecule has 0 aromatic carbocycles.